The lowest BCUT2D eigenvalue weighted by molar-refractivity contribution is 0.460. The van der Waals surface area contributed by atoms with Crippen molar-refractivity contribution in [2.45, 2.75) is 26.7 Å². The van der Waals surface area contributed by atoms with Crippen molar-refractivity contribution in [3.8, 4) is 5.75 Å². The maximum absolute atomic E-state index is 13.1. The monoisotopic (exact) mass is 202 g/mol. The Balaban J connectivity index is 3.24. The number of phenolic OH excluding ortho intramolecular Hbond substituents is 1. The molecule has 1 nitrogen and oxygen atoms in total. The Kier molecular flexibility index (Phi) is 3.15. The molecule has 0 saturated carbocycles. The molecule has 72 valence electrons. The average Bonchev–Trinajstić information content (AvgIpc) is 2.11. The lowest BCUT2D eigenvalue weighted by Gasteiger charge is -2.08. The van der Waals surface area contributed by atoms with Gasteiger partial charge < -0.3 is 5.11 Å². The molecule has 0 aliphatic heterocycles. The fraction of sp³-hybridized carbons (Fsp3) is 0.400. The Labute approximate surface area is 82.2 Å². The van der Waals surface area contributed by atoms with E-state index in [4.69, 9.17) is 11.6 Å². The second-order valence-electron chi connectivity index (χ2n) is 3.06. The molecule has 0 bridgehead atoms. The minimum Gasteiger partial charge on any atom is -0.507 e. The Hall–Kier alpha value is -0.760. The number of aryl methyl sites for hydroxylation is 1. The SMILES string of the molecule is CCCc1cc(F)c(Cl)c(C)c1O. The van der Waals surface area contributed by atoms with E-state index in [-0.39, 0.29) is 10.8 Å². The topological polar surface area (TPSA) is 20.2 Å². The van der Waals surface area contributed by atoms with E-state index in [1.807, 2.05) is 6.92 Å². The Morgan fingerprint density at radius 3 is 2.69 bits per heavy atom. The first-order valence-corrected chi connectivity index (χ1v) is 4.62. The van der Waals surface area contributed by atoms with Gasteiger partial charge in [-0.3, -0.25) is 0 Å². The quantitative estimate of drug-likeness (QED) is 0.779. The molecule has 0 aromatic heterocycles. The highest BCUT2D eigenvalue weighted by Gasteiger charge is 2.12. The molecule has 0 saturated heterocycles. The summed E-state index contributed by atoms with van der Waals surface area (Å²) in [7, 11) is 0. The normalized spacial score (nSPS) is 10.5. The third-order valence-electron chi connectivity index (χ3n) is 2.02. The van der Waals surface area contributed by atoms with Crippen molar-refractivity contribution in [1.29, 1.82) is 0 Å². The molecule has 1 N–H and O–H groups in total. The maximum Gasteiger partial charge on any atom is 0.142 e. The molecule has 1 aromatic rings. The zero-order chi connectivity index (χ0) is 10.0. The van der Waals surface area contributed by atoms with Crippen LogP contribution in [0.4, 0.5) is 4.39 Å². The average molecular weight is 203 g/mol. The second-order valence-corrected chi connectivity index (χ2v) is 3.43. The van der Waals surface area contributed by atoms with Crippen molar-refractivity contribution in [1.82, 2.24) is 0 Å². The molecule has 0 atom stereocenters. The largest absolute Gasteiger partial charge is 0.507 e. The van der Waals surface area contributed by atoms with Crippen LogP contribution in [0, 0.1) is 12.7 Å². The molecule has 0 aliphatic rings. The molecule has 0 fully saturated rings. The summed E-state index contributed by atoms with van der Waals surface area (Å²) >= 11 is 5.62. The van der Waals surface area contributed by atoms with E-state index >= 15 is 0 Å². The van der Waals surface area contributed by atoms with Gasteiger partial charge in [-0.05, 0) is 25.0 Å². The smallest absolute Gasteiger partial charge is 0.142 e. The Bertz CT molecular complexity index is 323. The van der Waals surface area contributed by atoms with Gasteiger partial charge in [-0.2, -0.15) is 0 Å². The van der Waals surface area contributed by atoms with Gasteiger partial charge in [0.1, 0.15) is 11.6 Å². The van der Waals surface area contributed by atoms with E-state index in [1.54, 1.807) is 6.92 Å². The van der Waals surface area contributed by atoms with Crippen molar-refractivity contribution in [2.24, 2.45) is 0 Å². The van der Waals surface area contributed by atoms with Crippen LogP contribution >= 0.6 is 11.6 Å². The Morgan fingerprint density at radius 2 is 2.15 bits per heavy atom. The molecule has 1 aromatic carbocycles. The van der Waals surface area contributed by atoms with E-state index in [9.17, 15) is 9.50 Å². The molecule has 0 radical (unpaired) electrons. The molecule has 0 heterocycles. The van der Waals surface area contributed by atoms with Gasteiger partial charge in [0.25, 0.3) is 0 Å². The van der Waals surface area contributed by atoms with Crippen molar-refractivity contribution in [3.05, 3.63) is 28.0 Å². The molecular weight excluding hydrogens is 191 g/mol. The van der Waals surface area contributed by atoms with Gasteiger partial charge in [0.15, 0.2) is 0 Å². The molecule has 0 unspecified atom stereocenters. The first kappa shape index (κ1) is 10.3. The van der Waals surface area contributed by atoms with Crippen LogP contribution in [-0.4, -0.2) is 5.11 Å². The van der Waals surface area contributed by atoms with Crippen LogP contribution < -0.4 is 0 Å². The van der Waals surface area contributed by atoms with Gasteiger partial charge in [0, 0.05) is 5.56 Å². The molecular formula is C10H12ClFO. The predicted molar refractivity (Wildman–Crippen MR) is 51.8 cm³/mol. The van der Waals surface area contributed by atoms with Gasteiger partial charge in [-0.1, -0.05) is 24.9 Å². The van der Waals surface area contributed by atoms with Crippen molar-refractivity contribution >= 4 is 11.6 Å². The van der Waals surface area contributed by atoms with E-state index in [2.05, 4.69) is 0 Å². The summed E-state index contributed by atoms with van der Waals surface area (Å²) in [6.07, 6.45) is 1.54. The number of phenols is 1. The zero-order valence-electron chi connectivity index (χ0n) is 7.69. The van der Waals surface area contributed by atoms with Crippen molar-refractivity contribution < 1.29 is 9.50 Å². The fourth-order valence-corrected chi connectivity index (χ4v) is 1.41. The molecule has 0 amide bonds. The van der Waals surface area contributed by atoms with Crippen LogP contribution in [0.25, 0.3) is 0 Å². The minimum atomic E-state index is -0.458. The van der Waals surface area contributed by atoms with Gasteiger partial charge >= 0.3 is 0 Å². The number of rotatable bonds is 2. The van der Waals surface area contributed by atoms with Crippen LogP contribution in [0.15, 0.2) is 6.07 Å². The van der Waals surface area contributed by atoms with Crippen LogP contribution in [0.2, 0.25) is 5.02 Å². The summed E-state index contributed by atoms with van der Waals surface area (Å²) in [5.41, 5.74) is 1.05. The highest BCUT2D eigenvalue weighted by molar-refractivity contribution is 6.31. The molecule has 13 heavy (non-hydrogen) atoms. The Morgan fingerprint density at radius 1 is 1.54 bits per heavy atom. The third kappa shape index (κ3) is 1.94. The van der Waals surface area contributed by atoms with E-state index in [0.29, 0.717) is 17.5 Å². The summed E-state index contributed by atoms with van der Waals surface area (Å²) in [5.74, 6) is -0.339. The maximum atomic E-state index is 13.1. The molecule has 0 aliphatic carbocycles. The van der Waals surface area contributed by atoms with Gasteiger partial charge in [0.05, 0.1) is 5.02 Å². The number of hydrogen-bond acceptors (Lipinski definition) is 1. The highest BCUT2D eigenvalue weighted by Crippen LogP contribution is 2.31. The molecule has 0 spiro atoms. The van der Waals surface area contributed by atoms with Crippen molar-refractivity contribution in [2.75, 3.05) is 0 Å². The van der Waals surface area contributed by atoms with Crippen LogP contribution in [-0.2, 0) is 6.42 Å². The minimum absolute atomic E-state index is 0.0114. The van der Waals surface area contributed by atoms with E-state index in [0.717, 1.165) is 6.42 Å². The first-order valence-electron chi connectivity index (χ1n) is 4.24. The fourth-order valence-electron chi connectivity index (χ4n) is 1.27. The second kappa shape index (κ2) is 3.97. The van der Waals surface area contributed by atoms with E-state index < -0.39 is 5.82 Å². The zero-order valence-corrected chi connectivity index (χ0v) is 8.45. The van der Waals surface area contributed by atoms with Crippen molar-refractivity contribution in [3.63, 3.8) is 0 Å². The lowest BCUT2D eigenvalue weighted by atomic mass is 10.1. The number of halogens is 2. The van der Waals surface area contributed by atoms with Crippen LogP contribution in [0.3, 0.4) is 0 Å². The number of hydrogen-bond donors (Lipinski definition) is 1. The summed E-state index contributed by atoms with van der Waals surface area (Å²) in [5, 5.41) is 9.59. The van der Waals surface area contributed by atoms with Crippen LogP contribution in [0.5, 0.6) is 5.75 Å². The van der Waals surface area contributed by atoms with Gasteiger partial charge in [-0.25, -0.2) is 4.39 Å². The summed E-state index contributed by atoms with van der Waals surface area (Å²) in [4.78, 5) is 0. The summed E-state index contributed by atoms with van der Waals surface area (Å²) < 4.78 is 13.1. The third-order valence-corrected chi connectivity index (χ3v) is 2.48. The molecule has 1 rings (SSSR count). The molecule has 3 heteroatoms. The van der Waals surface area contributed by atoms with Gasteiger partial charge in [-0.15, -0.1) is 0 Å². The summed E-state index contributed by atoms with van der Waals surface area (Å²) in [6, 6.07) is 1.30. The van der Waals surface area contributed by atoms with Gasteiger partial charge in [0.2, 0.25) is 0 Å². The number of benzene rings is 1. The van der Waals surface area contributed by atoms with E-state index in [1.165, 1.54) is 6.07 Å². The number of aromatic hydroxyl groups is 1. The highest BCUT2D eigenvalue weighted by atomic mass is 35.5. The predicted octanol–water partition coefficient (Wildman–Crippen LogP) is 3.45. The summed E-state index contributed by atoms with van der Waals surface area (Å²) in [6.45, 7) is 3.58. The first-order chi connectivity index (χ1) is 6.07. The standard InChI is InChI=1S/C10H12ClFO/c1-3-4-7-5-8(12)9(11)6(2)10(7)13/h5,13H,3-4H2,1-2H3. The lowest BCUT2D eigenvalue weighted by Crippen LogP contribution is -1.91. The van der Waals surface area contributed by atoms with Crippen LogP contribution in [0.1, 0.15) is 24.5 Å².